The molecule has 0 saturated carbocycles. The van der Waals surface area contributed by atoms with Gasteiger partial charge in [-0.1, -0.05) is 12.1 Å². The molecule has 0 aliphatic heterocycles. The molecular weight excluding hydrogens is 374 g/mol. The second-order valence-electron chi connectivity index (χ2n) is 5.49. The van der Waals surface area contributed by atoms with Gasteiger partial charge in [-0.3, -0.25) is 4.79 Å². The van der Waals surface area contributed by atoms with Crippen LogP contribution in [0, 0.1) is 0 Å². The van der Waals surface area contributed by atoms with E-state index in [2.05, 4.69) is 5.32 Å². The standard InChI is InChI=1S/C18H19NO7S/c1-24-13-8-12(9-14(10-13)25-2)19-17(20)11-26-18(21)15-6-4-5-7-16(15)27(3,22)23/h4-10H,11H2,1-3H3,(H,19,20). The smallest absolute Gasteiger partial charge is 0.339 e. The normalized spacial score (nSPS) is 10.8. The van der Waals surface area contributed by atoms with Crippen LogP contribution in [0.4, 0.5) is 5.69 Å². The molecule has 0 spiro atoms. The fourth-order valence-corrected chi connectivity index (χ4v) is 3.12. The second-order valence-corrected chi connectivity index (χ2v) is 7.48. The minimum Gasteiger partial charge on any atom is -0.497 e. The van der Waals surface area contributed by atoms with E-state index >= 15 is 0 Å². The highest BCUT2D eigenvalue weighted by Crippen LogP contribution is 2.25. The van der Waals surface area contributed by atoms with E-state index < -0.39 is 28.3 Å². The highest BCUT2D eigenvalue weighted by atomic mass is 32.2. The van der Waals surface area contributed by atoms with E-state index in [0.29, 0.717) is 17.2 Å². The van der Waals surface area contributed by atoms with Gasteiger partial charge in [0, 0.05) is 30.1 Å². The monoisotopic (exact) mass is 393 g/mol. The highest BCUT2D eigenvalue weighted by Gasteiger charge is 2.20. The first-order valence-corrected chi connectivity index (χ1v) is 9.63. The van der Waals surface area contributed by atoms with Gasteiger partial charge in [0.1, 0.15) is 11.5 Å². The number of hydrogen-bond acceptors (Lipinski definition) is 7. The van der Waals surface area contributed by atoms with Gasteiger partial charge in [0.05, 0.1) is 24.7 Å². The van der Waals surface area contributed by atoms with Gasteiger partial charge in [-0.25, -0.2) is 13.2 Å². The summed E-state index contributed by atoms with van der Waals surface area (Å²) in [5, 5.41) is 2.55. The zero-order valence-corrected chi connectivity index (χ0v) is 15.8. The van der Waals surface area contributed by atoms with Gasteiger partial charge >= 0.3 is 5.97 Å². The van der Waals surface area contributed by atoms with Gasteiger partial charge in [-0.05, 0) is 12.1 Å². The summed E-state index contributed by atoms with van der Waals surface area (Å²) >= 11 is 0. The van der Waals surface area contributed by atoms with E-state index in [4.69, 9.17) is 14.2 Å². The molecule has 0 bridgehead atoms. The molecule has 0 aliphatic rings. The fraction of sp³-hybridized carbons (Fsp3) is 0.222. The lowest BCUT2D eigenvalue weighted by molar-refractivity contribution is -0.119. The molecule has 2 aromatic rings. The summed E-state index contributed by atoms with van der Waals surface area (Å²) in [5.74, 6) is -0.558. The summed E-state index contributed by atoms with van der Waals surface area (Å²) < 4.78 is 38.6. The van der Waals surface area contributed by atoms with Crippen molar-refractivity contribution >= 4 is 27.4 Å². The Morgan fingerprint density at radius 1 is 1.00 bits per heavy atom. The highest BCUT2D eigenvalue weighted by molar-refractivity contribution is 7.90. The van der Waals surface area contributed by atoms with Crippen molar-refractivity contribution in [3.63, 3.8) is 0 Å². The summed E-state index contributed by atoms with van der Waals surface area (Å²) in [5.41, 5.74) is 0.264. The number of amides is 1. The van der Waals surface area contributed by atoms with Crippen LogP contribution in [0.3, 0.4) is 0 Å². The Balaban J connectivity index is 2.06. The first-order chi connectivity index (χ1) is 12.7. The maximum Gasteiger partial charge on any atom is 0.339 e. The quantitative estimate of drug-likeness (QED) is 0.716. The molecule has 0 heterocycles. The van der Waals surface area contributed by atoms with Crippen LogP contribution >= 0.6 is 0 Å². The minimum atomic E-state index is -3.61. The van der Waals surface area contributed by atoms with Gasteiger partial charge < -0.3 is 19.5 Å². The number of hydrogen-bond donors (Lipinski definition) is 1. The van der Waals surface area contributed by atoms with Crippen molar-refractivity contribution in [1.29, 1.82) is 0 Å². The third-order valence-electron chi connectivity index (χ3n) is 3.48. The predicted octanol–water partition coefficient (Wildman–Crippen LogP) is 1.90. The van der Waals surface area contributed by atoms with Crippen LogP contribution < -0.4 is 14.8 Å². The number of sulfone groups is 1. The number of esters is 1. The molecule has 9 heteroatoms. The lowest BCUT2D eigenvalue weighted by Crippen LogP contribution is -2.21. The van der Waals surface area contributed by atoms with Gasteiger partial charge in [-0.15, -0.1) is 0 Å². The number of rotatable bonds is 7. The summed E-state index contributed by atoms with van der Waals surface area (Å²) in [6.07, 6.45) is 0.988. The van der Waals surface area contributed by atoms with Crippen LogP contribution in [0.1, 0.15) is 10.4 Å². The van der Waals surface area contributed by atoms with E-state index in [1.807, 2.05) is 0 Å². The molecule has 2 aromatic carbocycles. The summed E-state index contributed by atoms with van der Waals surface area (Å²) in [6.45, 7) is -0.587. The minimum absolute atomic E-state index is 0.129. The average Bonchev–Trinajstić information content (AvgIpc) is 2.65. The molecule has 0 saturated heterocycles. The van der Waals surface area contributed by atoms with Crippen molar-refractivity contribution in [1.82, 2.24) is 0 Å². The predicted molar refractivity (Wildman–Crippen MR) is 98.0 cm³/mol. The molecular formula is C18H19NO7S. The number of ether oxygens (including phenoxy) is 3. The van der Waals surface area contributed by atoms with Crippen LogP contribution in [-0.4, -0.2) is 47.4 Å². The number of carbonyl (C=O) groups excluding carboxylic acids is 2. The van der Waals surface area contributed by atoms with E-state index in [1.54, 1.807) is 18.2 Å². The van der Waals surface area contributed by atoms with Crippen molar-refractivity contribution < 1.29 is 32.2 Å². The SMILES string of the molecule is COc1cc(NC(=O)COC(=O)c2ccccc2S(C)(=O)=O)cc(OC)c1. The Morgan fingerprint density at radius 3 is 2.15 bits per heavy atom. The average molecular weight is 393 g/mol. The van der Waals surface area contributed by atoms with E-state index in [9.17, 15) is 18.0 Å². The largest absolute Gasteiger partial charge is 0.497 e. The molecule has 27 heavy (non-hydrogen) atoms. The summed E-state index contributed by atoms with van der Waals surface area (Å²) in [7, 11) is -0.663. The summed E-state index contributed by atoms with van der Waals surface area (Å²) in [4.78, 5) is 24.0. The van der Waals surface area contributed by atoms with Crippen molar-refractivity contribution in [3.8, 4) is 11.5 Å². The number of nitrogens with one attached hydrogen (secondary N) is 1. The lowest BCUT2D eigenvalue weighted by atomic mass is 10.2. The Hall–Kier alpha value is -3.07. The summed E-state index contributed by atoms with van der Waals surface area (Å²) in [6, 6.07) is 10.4. The Kier molecular flexibility index (Phi) is 6.40. The number of anilines is 1. The lowest BCUT2D eigenvalue weighted by Gasteiger charge is -2.11. The maximum atomic E-state index is 12.2. The Bertz CT molecular complexity index is 932. The topological polar surface area (TPSA) is 108 Å². The zero-order valence-electron chi connectivity index (χ0n) is 15.0. The Morgan fingerprint density at radius 2 is 1.59 bits per heavy atom. The molecule has 0 unspecified atom stereocenters. The Labute approximate surface area is 157 Å². The molecule has 0 atom stereocenters. The maximum absolute atomic E-state index is 12.2. The number of carbonyl (C=O) groups is 2. The zero-order chi connectivity index (χ0) is 20.0. The molecule has 0 aromatic heterocycles. The number of methoxy groups -OCH3 is 2. The van der Waals surface area contributed by atoms with Crippen LogP contribution in [0.25, 0.3) is 0 Å². The van der Waals surface area contributed by atoms with E-state index in [1.165, 1.54) is 38.5 Å². The third-order valence-corrected chi connectivity index (χ3v) is 4.63. The third kappa shape index (κ3) is 5.45. The molecule has 8 nitrogen and oxygen atoms in total. The van der Waals surface area contributed by atoms with Crippen molar-refractivity contribution in [2.45, 2.75) is 4.90 Å². The molecule has 1 N–H and O–H groups in total. The van der Waals surface area contributed by atoms with Gasteiger partial charge in [0.25, 0.3) is 5.91 Å². The van der Waals surface area contributed by atoms with Gasteiger partial charge in [0.2, 0.25) is 0 Å². The van der Waals surface area contributed by atoms with Crippen molar-refractivity contribution in [2.24, 2.45) is 0 Å². The first kappa shape index (κ1) is 20.2. The fourth-order valence-electron chi connectivity index (χ4n) is 2.24. The molecule has 1 amide bonds. The van der Waals surface area contributed by atoms with Gasteiger partial charge in [-0.2, -0.15) is 0 Å². The van der Waals surface area contributed by atoms with Gasteiger partial charge in [0.15, 0.2) is 16.4 Å². The van der Waals surface area contributed by atoms with Crippen LogP contribution in [0.15, 0.2) is 47.4 Å². The molecule has 2 rings (SSSR count). The van der Waals surface area contributed by atoms with Crippen molar-refractivity contribution in [2.75, 3.05) is 32.4 Å². The van der Waals surface area contributed by atoms with Crippen molar-refractivity contribution in [3.05, 3.63) is 48.0 Å². The van der Waals surface area contributed by atoms with Crippen LogP contribution in [0.2, 0.25) is 0 Å². The molecule has 0 radical (unpaired) electrons. The van der Waals surface area contributed by atoms with Crippen LogP contribution in [-0.2, 0) is 19.4 Å². The molecule has 144 valence electrons. The van der Waals surface area contributed by atoms with E-state index in [-0.39, 0.29) is 10.5 Å². The number of benzene rings is 2. The second kappa shape index (κ2) is 8.54. The molecule has 0 fully saturated rings. The van der Waals surface area contributed by atoms with Crippen LogP contribution in [0.5, 0.6) is 11.5 Å². The van der Waals surface area contributed by atoms with E-state index in [0.717, 1.165) is 6.26 Å². The first-order valence-electron chi connectivity index (χ1n) is 7.73. The molecule has 0 aliphatic carbocycles.